The highest BCUT2D eigenvalue weighted by Crippen LogP contribution is 2.35. The average molecular weight is 341 g/mol. The lowest BCUT2D eigenvalue weighted by atomic mass is 9.93. The van der Waals surface area contributed by atoms with Crippen LogP contribution in [-0.4, -0.2) is 43.0 Å². The molecule has 0 aromatic carbocycles. The Morgan fingerprint density at radius 2 is 2.21 bits per heavy atom. The predicted molar refractivity (Wildman–Crippen MR) is 79.5 cm³/mol. The van der Waals surface area contributed by atoms with Crippen LogP contribution in [0.3, 0.4) is 0 Å². The zero-order valence-corrected chi connectivity index (χ0v) is 13.3. The summed E-state index contributed by atoms with van der Waals surface area (Å²) < 4.78 is 50.5. The van der Waals surface area contributed by atoms with Crippen molar-refractivity contribution in [1.29, 1.82) is 5.26 Å². The smallest absolute Gasteiger partial charge is 0.378 e. The third-order valence-corrected chi connectivity index (χ3v) is 4.28. The second-order valence-electron chi connectivity index (χ2n) is 6.33. The Bertz CT molecular complexity index is 651. The Balaban J connectivity index is 1.96. The van der Waals surface area contributed by atoms with Gasteiger partial charge in [0, 0.05) is 13.2 Å². The van der Waals surface area contributed by atoms with E-state index >= 15 is 0 Å². The molecule has 1 spiro atoms. The Hall–Kier alpha value is -1.85. The summed E-state index contributed by atoms with van der Waals surface area (Å²) in [5, 5.41) is 9.26. The summed E-state index contributed by atoms with van der Waals surface area (Å²) in [6.45, 7) is 3.66. The second kappa shape index (κ2) is 6.22. The van der Waals surface area contributed by atoms with Crippen LogP contribution in [-0.2, 0) is 15.7 Å². The summed E-state index contributed by atoms with van der Waals surface area (Å²) in [5.41, 5.74) is -1.42. The van der Waals surface area contributed by atoms with E-state index in [0.29, 0.717) is 26.3 Å². The lowest BCUT2D eigenvalue weighted by Gasteiger charge is -2.47. The van der Waals surface area contributed by atoms with Gasteiger partial charge in [-0.3, -0.25) is 0 Å². The molecule has 5 nitrogen and oxygen atoms in total. The number of halogens is 3. The van der Waals surface area contributed by atoms with Crippen molar-refractivity contribution in [1.82, 2.24) is 4.98 Å². The Morgan fingerprint density at radius 3 is 2.83 bits per heavy atom. The first kappa shape index (κ1) is 17.0. The van der Waals surface area contributed by atoms with Gasteiger partial charge in [0.1, 0.15) is 23.2 Å². The fourth-order valence-electron chi connectivity index (χ4n) is 3.36. The van der Waals surface area contributed by atoms with Crippen LogP contribution in [0.25, 0.3) is 0 Å². The van der Waals surface area contributed by atoms with Gasteiger partial charge in [0.05, 0.1) is 24.8 Å². The van der Waals surface area contributed by atoms with Gasteiger partial charge in [-0.05, 0) is 31.9 Å². The molecule has 3 rings (SSSR count). The van der Waals surface area contributed by atoms with Crippen LogP contribution in [0.1, 0.15) is 31.0 Å². The number of nitrogens with zero attached hydrogens (tertiary/aromatic N) is 3. The molecule has 3 heterocycles. The second-order valence-corrected chi connectivity index (χ2v) is 6.33. The van der Waals surface area contributed by atoms with E-state index in [4.69, 9.17) is 9.47 Å². The third kappa shape index (κ3) is 3.32. The Kier molecular flexibility index (Phi) is 4.40. The van der Waals surface area contributed by atoms with E-state index in [1.165, 1.54) is 6.07 Å². The summed E-state index contributed by atoms with van der Waals surface area (Å²) >= 11 is 0. The normalized spacial score (nSPS) is 28.0. The molecule has 8 heteroatoms. The number of morpholine rings is 1. The summed E-state index contributed by atoms with van der Waals surface area (Å²) in [7, 11) is 0. The Morgan fingerprint density at radius 1 is 1.42 bits per heavy atom. The van der Waals surface area contributed by atoms with Gasteiger partial charge in [-0.2, -0.15) is 18.4 Å². The first-order chi connectivity index (χ1) is 11.3. The zero-order chi connectivity index (χ0) is 17.4. The number of hydrogen-bond acceptors (Lipinski definition) is 5. The third-order valence-electron chi connectivity index (χ3n) is 4.28. The number of rotatable bonds is 1. The van der Waals surface area contributed by atoms with Crippen LogP contribution in [0, 0.1) is 11.3 Å². The predicted octanol–water partition coefficient (Wildman–Crippen LogP) is 2.75. The van der Waals surface area contributed by atoms with Crippen LogP contribution >= 0.6 is 0 Å². The molecule has 0 aliphatic carbocycles. The summed E-state index contributed by atoms with van der Waals surface area (Å²) in [6, 6.07) is 3.95. The molecule has 0 radical (unpaired) electrons. The van der Waals surface area contributed by atoms with Crippen molar-refractivity contribution in [2.75, 3.05) is 31.2 Å². The zero-order valence-electron chi connectivity index (χ0n) is 13.3. The number of alkyl halides is 3. The van der Waals surface area contributed by atoms with E-state index in [-0.39, 0.29) is 17.5 Å². The molecular formula is C16H18F3N3O2. The topological polar surface area (TPSA) is 58.4 Å². The average Bonchev–Trinajstić information content (AvgIpc) is 2.53. The van der Waals surface area contributed by atoms with Crippen molar-refractivity contribution in [2.24, 2.45) is 0 Å². The number of hydrogen-bond donors (Lipinski definition) is 0. The van der Waals surface area contributed by atoms with E-state index in [1.54, 1.807) is 4.90 Å². The summed E-state index contributed by atoms with van der Waals surface area (Å²) in [4.78, 5) is 5.45. The lowest BCUT2D eigenvalue weighted by molar-refractivity contribution is -0.160. The van der Waals surface area contributed by atoms with Crippen molar-refractivity contribution in [2.45, 2.75) is 37.6 Å². The van der Waals surface area contributed by atoms with Crippen LogP contribution in [0.15, 0.2) is 12.1 Å². The first-order valence-corrected chi connectivity index (χ1v) is 7.82. The molecule has 0 bridgehead atoms. The van der Waals surface area contributed by atoms with Crippen LogP contribution in [0.2, 0.25) is 0 Å². The molecule has 24 heavy (non-hydrogen) atoms. The summed E-state index contributed by atoms with van der Waals surface area (Å²) in [5.74, 6) is 0.0624. The van der Waals surface area contributed by atoms with Gasteiger partial charge in [0.15, 0.2) is 0 Å². The molecule has 2 atom stereocenters. The van der Waals surface area contributed by atoms with Crippen molar-refractivity contribution >= 4 is 5.82 Å². The SMILES string of the molecule is C[C@@H]1CN(c2nc(C(F)(F)F)ccc2C#N)C[C@@]2(CCCOC2)O1. The molecule has 2 aliphatic heterocycles. The van der Waals surface area contributed by atoms with E-state index in [9.17, 15) is 18.4 Å². The molecule has 1 aromatic heterocycles. The number of pyridine rings is 1. The quantitative estimate of drug-likeness (QED) is 0.786. The van der Waals surface area contributed by atoms with E-state index in [0.717, 1.165) is 18.9 Å². The minimum absolute atomic E-state index is 0.0624. The molecule has 0 saturated carbocycles. The molecule has 2 fully saturated rings. The van der Waals surface area contributed by atoms with Crippen LogP contribution < -0.4 is 4.90 Å². The number of ether oxygens (including phenoxy) is 2. The maximum atomic E-state index is 13.0. The minimum atomic E-state index is -4.55. The van der Waals surface area contributed by atoms with E-state index in [1.807, 2.05) is 13.0 Å². The van der Waals surface area contributed by atoms with Crippen LogP contribution in [0.4, 0.5) is 19.0 Å². The lowest BCUT2D eigenvalue weighted by Crippen LogP contribution is -2.59. The number of anilines is 1. The van der Waals surface area contributed by atoms with Crippen molar-refractivity contribution < 1.29 is 22.6 Å². The van der Waals surface area contributed by atoms with Gasteiger partial charge in [0.25, 0.3) is 0 Å². The van der Waals surface area contributed by atoms with Crippen molar-refractivity contribution in [3.8, 4) is 6.07 Å². The number of aromatic nitrogens is 1. The number of nitriles is 1. The fourth-order valence-corrected chi connectivity index (χ4v) is 3.36. The highest BCUT2D eigenvalue weighted by molar-refractivity contribution is 5.55. The van der Waals surface area contributed by atoms with Gasteiger partial charge in [-0.15, -0.1) is 0 Å². The maximum Gasteiger partial charge on any atom is 0.433 e. The standard InChI is InChI=1S/C16H18F3N3O2/c1-11-8-22(9-15(24-11)5-2-6-23-10-15)14-12(7-20)3-4-13(21-14)16(17,18)19/h3-4,11H,2,5-6,8-10H2,1H3/t11-,15-/m1/s1. The maximum absolute atomic E-state index is 13.0. The highest BCUT2D eigenvalue weighted by atomic mass is 19.4. The molecule has 2 saturated heterocycles. The fraction of sp³-hybridized carbons (Fsp3) is 0.625. The summed E-state index contributed by atoms with van der Waals surface area (Å²) in [6.07, 6.45) is -3.13. The molecule has 130 valence electrons. The molecule has 0 unspecified atom stereocenters. The molecule has 0 amide bonds. The van der Waals surface area contributed by atoms with E-state index in [2.05, 4.69) is 4.98 Å². The van der Waals surface area contributed by atoms with Gasteiger partial charge < -0.3 is 14.4 Å². The molecule has 2 aliphatic rings. The Labute approximate surface area is 138 Å². The highest BCUT2D eigenvalue weighted by Gasteiger charge is 2.42. The van der Waals surface area contributed by atoms with Crippen molar-refractivity contribution in [3.05, 3.63) is 23.4 Å². The van der Waals surface area contributed by atoms with E-state index < -0.39 is 17.5 Å². The molecule has 0 N–H and O–H groups in total. The van der Waals surface area contributed by atoms with Gasteiger partial charge in [0.2, 0.25) is 0 Å². The van der Waals surface area contributed by atoms with Crippen LogP contribution in [0.5, 0.6) is 0 Å². The largest absolute Gasteiger partial charge is 0.433 e. The van der Waals surface area contributed by atoms with Gasteiger partial charge in [-0.25, -0.2) is 4.98 Å². The van der Waals surface area contributed by atoms with Gasteiger partial charge in [-0.1, -0.05) is 0 Å². The monoisotopic (exact) mass is 341 g/mol. The minimum Gasteiger partial charge on any atom is -0.378 e. The molecular weight excluding hydrogens is 323 g/mol. The first-order valence-electron chi connectivity index (χ1n) is 7.82. The van der Waals surface area contributed by atoms with Gasteiger partial charge >= 0.3 is 6.18 Å². The van der Waals surface area contributed by atoms with Crippen molar-refractivity contribution in [3.63, 3.8) is 0 Å². The molecule has 1 aromatic rings.